The highest BCUT2D eigenvalue weighted by Crippen LogP contribution is 2.32. The van der Waals surface area contributed by atoms with Gasteiger partial charge in [0.2, 0.25) is 0 Å². The SMILES string of the molecule is CC1CCCC(SCC(O)CNC2CC2)C1. The molecule has 2 fully saturated rings. The van der Waals surface area contributed by atoms with E-state index >= 15 is 0 Å². The van der Waals surface area contributed by atoms with Crippen molar-refractivity contribution in [3.63, 3.8) is 0 Å². The molecule has 0 heterocycles. The molecular weight excluding hydrogens is 218 g/mol. The van der Waals surface area contributed by atoms with E-state index in [-0.39, 0.29) is 6.10 Å². The molecule has 2 nitrogen and oxygen atoms in total. The largest absolute Gasteiger partial charge is 0.391 e. The first kappa shape index (κ1) is 12.7. The van der Waals surface area contributed by atoms with E-state index in [1.54, 1.807) is 0 Å². The van der Waals surface area contributed by atoms with E-state index in [1.165, 1.54) is 38.5 Å². The molecule has 2 aliphatic carbocycles. The predicted octanol–water partition coefficient (Wildman–Crippen LogP) is 2.41. The minimum absolute atomic E-state index is 0.150. The van der Waals surface area contributed by atoms with Gasteiger partial charge in [0, 0.05) is 23.6 Å². The van der Waals surface area contributed by atoms with Crippen LogP contribution in [0.4, 0.5) is 0 Å². The fraction of sp³-hybridized carbons (Fsp3) is 1.00. The molecule has 0 radical (unpaired) electrons. The van der Waals surface area contributed by atoms with E-state index in [9.17, 15) is 5.11 Å². The molecule has 0 aliphatic heterocycles. The van der Waals surface area contributed by atoms with Crippen molar-refractivity contribution in [2.75, 3.05) is 12.3 Å². The summed E-state index contributed by atoms with van der Waals surface area (Å²) < 4.78 is 0. The zero-order valence-corrected chi connectivity index (χ0v) is 11.1. The maximum atomic E-state index is 9.84. The molecule has 94 valence electrons. The van der Waals surface area contributed by atoms with Gasteiger partial charge in [-0.25, -0.2) is 0 Å². The molecule has 0 saturated heterocycles. The number of nitrogens with one attached hydrogen (secondary N) is 1. The number of thioether (sulfide) groups is 1. The first-order valence-electron chi connectivity index (χ1n) is 6.77. The van der Waals surface area contributed by atoms with Crippen LogP contribution in [0.1, 0.15) is 45.4 Å². The van der Waals surface area contributed by atoms with Crippen molar-refractivity contribution < 1.29 is 5.11 Å². The lowest BCUT2D eigenvalue weighted by Gasteiger charge is -2.27. The molecule has 0 amide bonds. The fourth-order valence-electron chi connectivity index (χ4n) is 2.43. The molecule has 3 unspecified atom stereocenters. The summed E-state index contributed by atoms with van der Waals surface area (Å²) in [6.45, 7) is 3.15. The zero-order chi connectivity index (χ0) is 11.4. The summed E-state index contributed by atoms with van der Waals surface area (Å²) in [6, 6.07) is 0.717. The second kappa shape index (κ2) is 6.27. The number of hydrogen-bond acceptors (Lipinski definition) is 3. The second-order valence-corrected chi connectivity index (χ2v) is 6.90. The Balaban J connectivity index is 1.54. The summed E-state index contributed by atoms with van der Waals surface area (Å²) in [5.41, 5.74) is 0. The molecule has 16 heavy (non-hydrogen) atoms. The number of hydrogen-bond donors (Lipinski definition) is 2. The molecule has 0 spiro atoms. The molecule has 0 aromatic heterocycles. The van der Waals surface area contributed by atoms with E-state index in [4.69, 9.17) is 0 Å². The highest BCUT2D eigenvalue weighted by Gasteiger charge is 2.23. The van der Waals surface area contributed by atoms with Crippen LogP contribution in [0.5, 0.6) is 0 Å². The van der Waals surface area contributed by atoms with Crippen molar-refractivity contribution in [1.82, 2.24) is 5.32 Å². The molecule has 2 N–H and O–H groups in total. The van der Waals surface area contributed by atoms with Gasteiger partial charge in [-0.05, 0) is 31.6 Å². The van der Waals surface area contributed by atoms with Crippen LogP contribution in [0.15, 0.2) is 0 Å². The molecule has 2 rings (SSSR count). The van der Waals surface area contributed by atoms with Gasteiger partial charge in [-0.15, -0.1) is 0 Å². The quantitative estimate of drug-likeness (QED) is 0.751. The average molecular weight is 243 g/mol. The van der Waals surface area contributed by atoms with Crippen LogP contribution in [0.25, 0.3) is 0 Å². The van der Waals surface area contributed by atoms with Gasteiger partial charge < -0.3 is 10.4 Å². The third kappa shape index (κ3) is 4.64. The Morgan fingerprint density at radius 1 is 1.31 bits per heavy atom. The van der Waals surface area contributed by atoms with E-state index in [0.29, 0.717) is 6.04 Å². The lowest BCUT2D eigenvalue weighted by Crippen LogP contribution is -2.30. The van der Waals surface area contributed by atoms with Gasteiger partial charge in [0.15, 0.2) is 0 Å². The predicted molar refractivity (Wildman–Crippen MR) is 70.9 cm³/mol. The first-order valence-corrected chi connectivity index (χ1v) is 7.82. The van der Waals surface area contributed by atoms with Crippen LogP contribution < -0.4 is 5.32 Å². The molecule has 3 heteroatoms. The van der Waals surface area contributed by atoms with Crippen LogP contribution in [0.2, 0.25) is 0 Å². The van der Waals surface area contributed by atoms with Crippen molar-refractivity contribution in [3.8, 4) is 0 Å². The summed E-state index contributed by atoms with van der Waals surface area (Å²) >= 11 is 1.99. The summed E-state index contributed by atoms with van der Waals surface area (Å²) in [4.78, 5) is 0. The summed E-state index contributed by atoms with van der Waals surface area (Å²) in [7, 11) is 0. The van der Waals surface area contributed by atoms with Crippen LogP contribution in [0.3, 0.4) is 0 Å². The summed E-state index contributed by atoms with van der Waals surface area (Å²) in [5, 5.41) is 14.0. The normalized spacial score (nSPS) is 32.6. The van der Waals surface area contributed by atoms with Gasteiger partial charge in [-0.2, -0.15) is 11.8 Å². The molecule has 3 atom stereocenters. The Labute approximate surface area is 104 Å². The maximum absolute atomic E-state index is 9.84. The molecule has 2 aliphatic rings. The maximum Gasteiger partial charge on any atom is 0.0755 e. The van der Waals surface area contributed by atoms with Crippen molar-refractivity contribution in [3.05, 3.63) is 0 Å². The Morgan fingerprint density at radius 2 is 2.12 bits per heavy atom. The van der Waals surface area contributed by atoms with Gasteiger partial charge >= 0.3 is 0 Å². The average Bonchev–Trinajstić information content (AvgIpc) is 3.07. The smallest absolute Gasteiger partial charge is 0.0755 e. The Kier molecular flexibility index (Phi) is 4.98. The molecular formula is C13H25NOS. The number of rotatable bonds is 6. The zero-order valence-electron chi connectivity index (χ0n) is 10.3. The van der Waals surface area contributed by atoms with E-state index < -0.39 is 0 Å². The minimum atomic E-state index is -0.150. The van der Waals surface area contributed by atoms with Gasteiger partial charge in [0.1, 0.15) is 0 Å². The highest BCUT2D eigenvalue weighted by atomic mass is 32.2. The molecule has 0 aromatic rings. The highest BCUT2D eigenvalue weighted by molar-refractivity contribution is 7.99. The number of aliphatic hydroxyl groups excluding tert-OH is 1. The summed E-state index contributed by atoms with van der Waals surface area (Å²) in [6.07, 6.45) is 7.96. The van der Waals surface area contributed by atoms with Crippen molar-refractivity contribution in [2.24, 2.45) is 5.92 Å². The van der Waals surface area contributed by atoms with E-state index in [0.717, 1.165) is 23.5 Å². The Hall–Kier alpha value is 0.270. The van der Waals surface area contributed by atoms with E-state index in [1.807, 2.05) is 11.8 Å². The van der Waals surface area contributed by atoms with Crippen molar-refractivity contribution in [2.45, 2.75) is 62.8 Å². The van der Waals surface area contributed by atoms with Crippen LogP contribution in [-0.2, 0) is 0 Å². The van der Waals surface area contributed by atoms with Crippen LogP contribution >= 0.6 is 11.8 Å². The van der Waals surface area contributed by atoms with E-state index in [2.05, 4.69) is 12.2 Å². The Bertz CT molecular complexity index is 208. The fourth-order valence-corrected chi connectivity index (χ4v) is 3.84. The summed E-state index contributed by atoms with van der Waals surface area (Å²) in [5.74, 6) is 1.81. The second-order valence-electron chi connectivity index (χ2n) is 5.56. The lowest BCUT2D eigenvalue weighted by molar-refractivity contribution is 0.195. The van der Waals surface area contributed by atoms with Gasteiger partial charge in [-0.1, -0.05) is 19.8 Å². The van der Waals surface area contributed by atoms with Crippen LogP contribution in [0, 0.1) is 5.92 Å². The van der Waals surface area contributed by atoms with Crippen LogP contribution in [-0.4, -0.2) is 34.8 Å². The van der Waals surface area contributed by atoms with Crippen molar-refractivity contribution >= 4 is 11.8 Å². The van der Waals surface area contributed by atoms with Gasteiger partial charge in [0.25, 0.3) is 0 Å². The Morgan fingerprint density at radius 3 is 2.81 bits per heavy atom. The minimum Gasteiger partial charge on any atom is -0.391 e. The third-order valence-electron chi connectivity index (χ3n) is 3.63. The van der Waals surface area contributed by atoms with Crippen molar-refractivity contribution in [1.29, 1.82) is 0 Å². The topological polar surface area (TPSA) is 32.3 Å². The monoisotopic (exact) mass is 243 g/mol. The lowest BCUT2D eigenvalue weighted by atomic mass is 9.91. The van der Waals surface area contributed by atoms with Gasteiger partial charge in [-0.3, -0.25) is 0 Å². The third-order valence-corrected chi connectivity index (χ3v) is 5.11. The molecule has 0 aromatic carbocycles. The molecule has 0 bridgehead atoms. The molecule has 2 saturated carbocycles. The van der Waals surface area contributed by atoms with Gasteiger partial charge in [0.05, 0.1) is 6.10 Å². The number of aliphatic hydroxyl groups is 1. The standard InChI is InChI=1S/C13H25NOS/c1-10-3-2-4-13(7-10)16-9-12(15)8-14-11-5-6-11/h10-15H,2-9H2,1H3. The first-order chi connectivity index (χ1) is 7.74.